The minimum absolute atomic E-state index is 0.00742. The van der Waals surface area contributed by atoms with E-state index < -0.39 is 26.1 Å². The van der Waals surface area contributed by atoms with E-state index >= 15 is 0 Å². The number of methoxy groups -OCH3 is 1. The van der Waals surface area contributed by atoms with E-state index in [-0.39, 0.29) is 44.2 Å². The summed E-state index contributed by atoms with van der Waals surface area (Å²) in [5.41, 5.74) is 7.52. The number of nitrogens with zero attached hydrogens (tertiary/aromatic N) is 3. The van der Waals surface area contributed by atoms with Gasteiger partial charge in [0.15, 0.2) is 5.60 Å². The summed E-state index contributed by atoms with van der Waals surface area (Å²) in [4.78, 5) is 6.97. The van der Waals surface area contributed by atoms with Crippen LogP contribution < -0.4 is 10.3 Å². The highest BCUT2D eigenvalue weighted by atomic mass is 31.2. The Bertz CT molecular complexity index is 1810. The largest absolute Gasteiger partial charge is 0.426 e. The van der Waals surface area contributed by atoms with Crippen molar-refractivity contribution in [2.75, 3.05) is 33.5 Å². The van der Waals surface area contributed by atoms with Crippen LogP contribution in [0.3, 0.4) is 0 Å². The van der Waals surface area contributed by atoms with Crippen LogP contribution in [-0.4, -0.2) is 62.4 Å². The lowest BCUT2D eigenvalue weighted by Gasteiger charge is -2.27. The van der Waals surface area contributed by atoms with Gasteiger partial charge in [-0.05, 0) is 73.7 Å². The number of aryl methyl sites for hydroxylation is 2. The van der Waals surface area contributed by atoms with Gasteiger partial charge in [-0.2, -0.15) is 10.5 Å². The topological polar surface area (TPSA) is 181 Å². The molecule has 0 aliphatic carbocycles. The number of aromatic nitrogens is 1. The molecule has 0 amide bonds. The number of H-pyrrole nitrogens is 1. The first-order valence-electron chi connectivity index (χ1n) is 22.4. The van der Waals surface area contributed by atoms with Crippen LogP contribution in [0.4, 0.5) is 4.39 Å². The monoisotopic (exact) mass is 877 g/mol. The van der Waals surface area contributed by atoms with Crippen LogP contribution in [0.2, 0.25) is 0 Å². The number of benzene rings is 2. The molecule has 4 N–H and O–H groups in total. The molecule has 3 aromatic rings. The lowest BCUT2D eigenvalue weighted by molar-refractivity contribution is -0.0506. The van der Waals surface area contributed by atoms with Crippen molar-refractivity contribution >= 4 is 20.8 Å². The van der Waals surface area contributed by atoms with Gasteiger partial charge < -0.3 is 29.5 Å². The third kappa shape index (κ3) is 21.3. The number of rotatable bonds is 36. The molecule has 0 saturated carbocycles. The van der Waals surface area contributed by atoms with E-state index in [0.29, 0.717) is 30.0 Å². The summed E-state index contributed by atoms with van der Waals surface area (Å²) in [6, 6.07) is 19.4. The summed E-state index contributed by atoms with van der Waals surface area (Å²) in [6.45, 7) is 4.82. The van der Waals surface area contributed by atoms with Gasteiger partial charge in [0.1, 0.15) is 35.9 Å². The van der Waals surface area contributed by atoms with Crippen molar-refractivity contribution in [2.24, 2.45) is 10.7 Å². The third-order valence-electron chi connectivity index (χ3n) is 10.7. The molecule has 12 nitrogen and oxygen atoms in total. The zero-order chi connectivity index (χ0) is 44.7. The number of amidine groups is 1. The van der Waals surface area contributed by atoms with Gasteiger partial charge in [0.2, 0.25) is 0 Å². The molecule has 0 aliphatic heterocycles. The van der Waals surface area contributed by atoms with Gasteiger partial charge >= 0.3 is 8.60 Å². The van der Waals surface area contributed by atoms with Crippen molar-refractivity contribution in [1.82, 2.24) is 4.98 Å². The molecule has 0 saturated heterocycles. The van der Waals surface area contributed by atoms with Crippen molar-refractivity contribution in [3.8, 4) is 17.9 Å². The Labute approximate surface area is 371 Å². The summed E-state index contributed by atoms with van der Waals surface area (Å²) < 4.78 is 51.1. The summed E-state index contributed by atoms with van der Waals surface area (Å²) in [5.74, 6) is 0.220. The van der Waals surface area contributed by atoms with Gasteiger partial charge in [0.05, 0.1) is 43.8 Å². The normalized spacial score (nSPS) is 13.5. The molecule has 1 aromatic heterocycles. The number of unbranched alkanes of at least 4 members (excludes halogenated alkanes) is 15. The molecule has 14 heteroatoms. The molecular formula is C48H70FN6O6P. The predicted octanol–water partition coefficient (Wildman–Crippen LogP) is 11.7. The van der Waals surface area contributed by atoms with E-state index in [1.54, 1.807) is 12.1 Å². The lowest BCUT2D eigenvalue weighted by Crippen LogP contribution is -2.36. The van der Waals surface area contributed by atoms with Gasteiger partial charge in [-0.25, -0.2) is 9.38 Å². The second-order valence-corrected chi connectivity index (χ2v) is 16.9. The molecule has 0 radical (unpaired) electrons. The zero-order valence-corrected chi connectivity index (χ0v) is 38.2. The second kappa shape index (κ2) is 31.6. The Hall–Kier alpha value is -4.20. The van der Waals surface area contributed by atoms with E-state index in [1.807, 2.05) is 43.3 Å². The van der Waals surface area contributed by atoms with Gasteiger partial charge in [0, 0.05) is 19.4 Å². The quantitative estimate of drug-likeness (QED) is 0.0222. The maximum atomic E-state index is 14.3. The lowest BCUT2D eigenvalue weighted by atomic mass is 9.99. The first kappa shape index (κ1) is 52.1. The standard InChI is InChI=1S/C48H70FN6O6P/c1-4-5-6-7-8-9-10-11-12-13-14-15-16-17-18-21-28-57-34-44(58-33-41-29-40(32-50)30-42(49)31-41)35-59-62(61-46-23-20-19-22-39(46)2)60-37-48(36-51,56-3)27-26-43-24-25-45(55-43)47(53)54-38-52/h19-20,22-25,29-31,38,44,55H,4-18,21,26-28,33-35,37H2,1-3H3,(H3,52,53,54). The number of ether oxygens (including phenoxy) is 3. The molecule has 2 aromatic carbocycles. The molecule has 340 valence electrons. The Balaban J connectivity index is 1.54. The van der Waals surface area contributed by atoms with Gasteiger partial charge in [-0.15, -0.1) is 0 Å². The highest BCUT2D eigenvalue weighted by molar-refractivity contribution is 7.42. The fourth-order valence-electron chi connectivity index (χ4n) is 6.83. The number of hydrogen-bond acceptors (Lipinski definition) is 9. The van der Waals surface area contributed by atoms with E-state index in [2.05, 4.69) is 23.0 Å². The molecule has 3 atom stereocenters. The van der Waals surface area contributed by atoms with Crippen LogP contribution in [0.15, 0.2) is 59.6 Å². The number of nitriles is 2. The molecule has 0 aliphatic rings. The minimum Gasteiger partial charge on any atom is -0.426 e. The third-order valence-corrected chi connectivity index (χ3v) is 11.7. The molecule has 3 rings (SSSR count). The number of nitrogens with two attached hydrogens (primary N) is 1. The highest BCUT2D eigenvalue weighted by Gasteiger charge is 2.33. The molecule has 1 heterocycles. The molecule has 0 spiro atoms. The fourth-order valence-corrected chi connectivity index (χ4v) is 7.98. The average molecular weight is 877 g/mol. The molecule has 0 bridgehead atoms. The van der Waals surface area contributed by atoms with Crippen LogP contribution >= 0.6 is 8.60 Å². The molecule has 3 unspecified atom stereocenters. The smallest absolute Gasteiger partial charge is 0.397 e. The van der Waals surface area contributed by atoms with Crippen molar-refractivity contribution < 1.29 is 32.2 Å². The van der Waals surface area contributed by atoms with Crippen LogP contribution in [0.5, 0.6) is 5.75 Å². The fraction of sp³-hybridized carbons (Fsp3) is 0.583. The summed E-state index contributed by atoms with van der Waals surface area (Å²) in [6.07, 6.45) is 21.7. The Morgan fingerprint density at radius 2 is 1.56 bits per heavy atom. The number of aromatic amines is 1. The molecule has 62 heavy (non-hydrogen) atoms. The maximum Gasteiger partial charge on any atom is 0.397 e. The SMILES string of the molecule is CCCCCCCCCCCCCCCCCCOCC(COP(OCC(C#N)(CCc1ccc(C(N)=NC=N)[nH]1)OC)Oc1ccccc1C)OCc1cc(F)cc(C#N)c1. The van der Waals surface area contributed by atoms with Crippen molar-refractivity contribution in [2.45, 2.75) is 148 Å². The highest BCUT2D eigenvalue weighted by Crippen LogP contribution is 2.43. The Kier molecular flexibility index (Phi) is 26.6. The van der Waals surface area contributed by atoms with E-state index in [9.17, 15) is 14.9 Å². The van der Waals surface area contributed by atoms with Crippen LogP contribution in [0.25, 0.3) is 0 Å². The van der Waals surface area contributed by atoms with Crippen LogP contribution in [0.1, 0.15) is 144 Å². The number of nitrogens with one attached hydrogen (secondary N) is 2. The van der Waals surface area contributed by atoms with Gasteiger partial charge in [-0.1, -0.05) is 121 Å². The average Bonchev–Trinajstić information content (AvgIpc) is 3.76. The van der Waals surface area contributed by atoms with Gasteiger partial charge in [-0.3, -0.25) is 14.5 Å². The summed E-state index contributed by atoms with van der Waals surface area (Å²) >= 11 is 0. The Morgan fingerprint density at radius 1 is 0.903 bits per heavy atom. The number of para-hydroxylation sites is 1. The van der Waals surface area contributed by atoms with Crippen LogP contribution in [0, 0.1) is 40.8 Å². The van der Waals surface area contributed by atoms with Crippen molar-refractivity contribution in [3.63, 3.8) is 0 Å². The minimum atomic E-state index is -2.08. The first-order chi connectivity index (χ1) is 30.2. The van der Waals surface area contributed by atoms with Crippen LogP contribution in [-0.2, 0) is 36.3 Å². The van der Waals surface area contributed by atoms with E-state index in [1.165, 1.54) is 109 Å². The zero-order valence-electron chi connectivity index (χ0n) is 37.3. The predicted molar refractivity (Wildman–Crippen MR) is 245 cm³/mol. The maximum absolute atomic E-state index is 14.3. The van der Waals surface area contributed by atoms with Gasteiger partial charge in [0.25, 0.3) is 0 Å². The first-order valence-corrected chi connectivity index (χ1v) is 23.5. The Morgan fingerprint density at radius 3 is 2.18 bits per heavy atom. The van der Waals surface area contributed by atoms with E-state index in [4.69, 9.17) is 38.9 Å². The summed E-state index contributed by atoms with van der Waals surface area (Å²) in [5, 5.41) is 26.9. The summed E-state index contributed by atoms with van der Waals surface area (Å²) in [7, 11) is -0.629. The van der Waals surface area contributed by atoms with Crippen molar-refractivity contribution in [3.05, 3.63) is 88.5 Å². The number of hydrogen-bond donors (Lipinski definition) is 3. The number of aliphatic imine (C=N–C) groups is 1. The van der Waals surface area contributed by atoms with E-state index in [0.717, 1.165) is 30.4 Å². The molecule has 0 fully saturated rings. The molecular weight excluding hydrogens is 807 g/mol. The second-order valence-electron chi connectivity index (χ2n) is 15.8. The number of halogens is 1. The van der Waals surface area contributed by atoms with Crippen molar-refractivity contribution in [1.29, 1.82) is 15.9 Å².